The molecule has 1 aromatic carbocycles. The molecule has 88 valence electrons. The molecule has 0 atom stereocenters. The summed E-state index contributed by atoms with van der Waals surface area (Å²) >= 11 is 12.0. The molecule has 16 heavy (non-hydrogen) atoms. The van der Waals surface area contributed by atoms with Gasteiger partial charge >= 0.3 is 0 Å². The summed E-state index contributed by atoms with van der Waals surface area (Å²) in [5.74, 6) is -0.201. The molecule has 0 fully saturated rings. The molecule has 1 aromatic rings. The molecule has 0 aliphatic carbocycles. The van der Waals surface area contributed by atoms with Gasteiger partial charge in [-0.25, -0.2) is 0 Å². The van der Waals surface area contributed by atoms with Gasteiger partial charge in [-0.1, -0.05) is 23.2 Å². The van der Waals surface area contributed by atoms with Crippen molar-refractivity contribution < 1.29 is 4.79 Å². The van der Waals surface area contributed by atoms with Crippen LogP contribution in [0.1, 0.15) is 20.8 Å². The quantitative estimate of drug-likeness (QED) is 0.869. The summed E-state index contributed by atoms with van der Waals surface area (Å²) in [4.78, 5) is 10.9. The summed E-state index contributed by atoms with van der Waals surface area (Å²) in [5.41, 5.74) is 1.28. The van der Waals surface area contributed by atoms with Gasteiger partial charge in [0.15, 0.2) is 0 Å². The van der Waals surface area contributed by atoms with E-state index in [1.54, 1.807) is 12.1 Å². The molecule has 5 heteroatoms. The first kappa shape index (κ1) is 13.1. The summed E-state index contributed by atoms with van der Waals surface area (Å²) < 4.78 is 0. The summed E-state index contributed by atoms with van der Waals surface area (Å²) in [6, 6.07) is 3.76. The second-order valence-corrected chi connectivity index (χ2v) is 4.61. The van der Waals surface area contributed by atoms with Crippen molar-refractivity contribution in [3.63, 3.8) is 0 Å². The smallest absolute Gasteiger partial charge is 0.221 e. The van der Waals surface area contributed by atoms with E-state index in [4.69, 9.17) is 23.2 Å². The molecule has 0 saturated heterocycles. The topological polar surface area (TPSA) is 41.1 Å². The van der Waals surface area contributed by atoms with Gasteiger partial charge in [0, 0.05) is 18.7 Å². The maximum Gasteiger partial charge on any atom is 0.221 e. The highest BCUT2D eigenvalue weighted by atomic mass is 35.5. The van der Waals surface area contributed by atoms with E-state index in [9.17, 15) is 4.79 Å². The van der Waals surface area contributed by atoms with E-state index in [0.717, 1.165) is 5.69 Å². The first-order valence-electron chi connectivity index (χ1n) is 4.93. The van der Waals surface area contributed by atoms with Crippen molar-refractivity contribution in [3.8, 4) is 0 Å². The maximum atomic E-state index is 10.9. The third kappa shape index (κ3) is 3.58. The minimum Gasteiger partial charge on any atom is -0.383 e. The number of carbonyl (C=O) groups is 1. The average molecular weight is 261 g/mol. The third-order valence-electron chi connectivity index (χ3n) is 1.80. The Kier molecular flexibility index (Phi) is 4.44. The van der Waals surface area contributed by atoms with Crippen LogP contribution < -0.4 is 10.6 Å². The Balaban J connectivity index is 3.02. The van der Waals surface area contributed by atoms with Gasteiger partial charge in [0.1, 0.15) is 0 Å². The molecule has 0 heterocycles. The van der Waals surface area contributed by atoms with E-state index in [0.29, 0.717) is 21.8 Å². The van der Waals surface area contributed by atoms with Crippen molar-refractivity contribution in [2.45, 2.75) is 26.8 Å². The lowest BCUT2D eigenvalue weighted by Gasteiger charge is -2.13. The van der Waals surface area contributed by atoms with E-state index >= 15 is 0 Å². The molecule has 1 rings (SSSR count). The van der Waals surface area contributed by atoms with Crippen molar-refractivity contribution in [2.75, 3.05) is 10.6 Å². The largest absolute Gasteiger partial charge is 0.383 e. The fraction of sp³-hybridized carbons (Fsp3) is 0.364. The summed E-state index contributed by atoms with van der Waals surface area (Å²) in [5, 5.41) is 6.62. The molecule has 0 aliphatic heterocycles. The lowest BCUT2D eigenvalue weighted by Crippen LogP contribution is -2.11. The molecule has 2 N–H and O–H groups in total. The number of benzene rings is 1. The van der Waals surface area contributed by atoms with E-state index in [2.05, 4.69) is 10.6 Å². The van der Waals surface area contributed by atoms with Crippen molar-refractivity contribution in [3.05, 3.63) is 22.2 Å². The van der Waals surface area contributed by atoms with Gasteiger partial charge in [-0.15, -0.1) is 0 Å². The van der Waals surface area contributed by atoms with Crippen molar-refractivity contribution in [1.82, 2.24) is 0 Å². The fourth-order valence-electron chi connectivity index (χ4n) is 1.29. The molecule has 0 unspecified atom stereocenters. The zero-order chi connectivity index (χ0) is 12.3. The highest BCUT2D eigenvalue weighted by Gasteiger charge is 2.09. The molecule has 0 aliphatic rings. The minimum absolute atomic E-state index is 0.201. The van der Waals surface area contributed by atoms with Gasteiger partial charge in [0.05, 0.1) is 15.7 Å². The molecule has 3 nitrogen and oxygen atoms in total. The lowest BCUT2D eigenvalue weighted by atomic mass is 10.2. The number of halogens is 2. The molecule has 0 aromatic heterocycles. The van der Waals surface area contributed by atoms with E-state index in [-0.39, 0.29) is 5.91 Å². The molecule has 0 bridgehead atoms. The van der Waals surface area contributed by atoms with Crippen molar-refractivity contribution >= 4 is 40.5 Å². The number of carbonyl (C=O) groups excluding carboxylic acids is 1. The molecule has 0 spiro atoms. The van der Waals surface area contributed by atoms with Crippen LogP contribution in [0.4, 0.5) is 11.4 Å². The van der Waals surface area contributed by atoms with Gasteiger partial charge in [0.25, 0.3) is 0 Å². The Bertz CT molecular complexity index is 382. The Morgan fingerprint density at radius 2 is 1.75 bits per heavy atom. The molecule has 0 radical (unpaired) electrons. The number of hydrogen-bond acceptors (Lipinski definition) is 2. The molecular weight excluding hydrogens is 247 g/mol. The summed E-state index contributed by atoms with van der Waals surface area (Å²) in [6.07, 6.45) is 0. The van der Waals surface area contributed by atoms with Crippen LogP contribution in [0.2, 0.25) is 10.0 Å². The van der Waals surface area contributed by atoms with Gasteiger partial charge in [0.2, 0.25) is 5.91 Å². The van der Waals surface area contributed by atoms with Crippen molar-refractivity contribution in [2.24, 2.45) is 0 Å². The average Bonchev–Trinajstić information content (AvgIpc) is 2.10. The standard InChI is InChI=1S/C11H14Cl2N2O/c1-6(2)14-8-4-9(12)11(10(13)5-8)15-7(3)16/h4-6,14H,1-3H3,(H,15,16). The van der Waals surface area contributed by atoms with E-state index in [1.807, 2.05) is 13.8 Å². The van der Waals surface area contributed by atoms with Crippen LogP contribution in [-0.4, -0.2) is 11.9 Å². The second-order valence-electron chi connectivity index (χ2n) is 3.80. The fourth-order valence-corrected chi connectivity index (χ4v) is 1.87. The Labute approximate surface area is 105 Å². The highest BCUT2D eigenvalue weighted by molar-refractivity contribution is 6.40. The number of amides is 1. The molecule has 1 amide bonds. The van der Waals surface area contributed by atoms with E-state index in [1.165, 1.54) is 6.92 Å². The van der Waals surface area contributed by atoms with Crippen LogP contribution >= 0.6 is 23.2 Å². The van der Waals surface area contributed by atoms with Crippen LogP contribution in [0, 0.1) is 0 Å². The van der Waals surface area contributed by atoms with Crippen LogP contribution in [-0.2, 0) is 4.79 Å². The Hall–Kier alpha value is -0.930. The van der Waals surface area contributed by atoms with Gasteiger partial charge in [-0.2, -0.15) is 0 Å². The zero-order valence-corrected chi connectivity index (χ0v) is 10.9. The first-order chi connectivity index (χ1) is 7.40. The number of nitrogens with one attached hydrogen (secondary N) is 2. The second kappa shape index (κ2) is 5.41. The molecule has 0 saturated carbocycles. The summed E-state index contributed by atoms with van der Waals surface area (Å²) in [6.45, 7) is 5.44. The Morgan fingerprint density at radius 1 is 1.25 bits per heavy atom. The lowest BCUT2D eigenvalue weighted by molar-refractivity contribution is -0.114. The number of hydrogen-bond donors (Lipinski definition) is 2. The Morgan fingerprint density at radius 3 is 2.12 bits per heavy atom. The summed E-state index contributed by atoms with van der Waals surface area (Å²) in [7, 11) is 0. The molecular formula is C11H14Cl2N2O. The van der Waals surface area contributed by atoms with Gasteiger partial charge < -0.3 is 10.6 Å². The van der Waals surface area contributed by atoms with Crippen LogP contribution in [0.3, 0.4) is 0 Å². The predicted molar refractivity (Wildman–Crippen MR) is 69.5 cm³/mol. The minimum atomic E-state index is -0.201. The first-order valence-corrected chi connectivity index (χ1v) is 5.69. The number of anilines is 2. The monoisotopic (exact) mass is 260 g/mol. The zero-order valence-electron chi connectivity index (χ0n) is 9.40. The maximum absolute atomic E-state index is 10.9. The van der Waals surface area contributed by atoms with Crippen LogP contribution in [0.25, 0.3) is 0 Å². The van der Waals surface area contributed by atoms with E-state index < -0.39 is 0 Å². The van der Waals surface area contributed by atoms with Gasteiger partial charge in [-0.3, -0.25) is 4.79 Å². The SMILES string of the molecule is CC(=O)Nc1c(Cl)cc(NC(C)C)cc1Cl. The van der Waals surface area contributed by atoms with Crippen LogP contribution in [0.5, 0.6) is 0 Å². The van der Waals surface area contributed by atoms with Gasteiger partial charge in [-0.05, 0) is 26.0 Å². The predicted octanol–water partition coefficient (Wildman–Crippen LogP) is 3.77. The third-order valence-corrected chi connectivity index (χ3v) is 2.39. The van der Waals surface area contributed by atoms with Crippen LogP contribution in [0.15, 0.2) is 12.1 Å². The van der Waals surface area contributed by atoms with Crippen molar-refractivity contribution in [1.29, 1.82) is 0 Å². The number of rotatable bonds is 3. The normalized spacial score (nSPS) is 10.4. The highest BCUT2D eigenvalue weighted by Crippen LogP contribution is 2.33.